The van der Waals surface area contributed by atoms with Crippen LogP contribution in [0.1, 0.15) is 25.2 Å². The van der Waals surface area contributed by atoms with E-state index in [0.717, 1.165) is 22.6 Å². The summed E-state index contributed by atoms with van der Waals surface area (Å²) in [6.07, 6.45) is 0. The Labute approximate surface area is 164 Å². The van der Waals surface area contributed by atoms with E-state index >= 15 is 0 Å². The molecule has 1 aromatic heterocycles. The summed E-state index contributed by atoms with van der Waals surface area (Å²) in [6, 6.07) is 14.1. The number of amides is 2. The van der Waals surface area contributed by atoms with Gasteiger partial charge in [0.25, 0.3) is 11.8 Å². The molecule has 138 valence electrons. The van der Waals surface area contributed by atoms with Crippen molar-refractivity contribution in [3.05, 3.63) is 69.1 Å². The van der Waals surface area contributed by atoms with Crippen LogP contribution in [0.2, 0.25) is 5.02 Å². The van der Waals surface area contributed by atoms with Gasteiger partial charge in [-0.3, -0.25) is 9.59 Å². The number of hydrogen-bond donors (Lipinski definition) is 2. The number of carbonyl (C=O) groups is 2. The minimum atomic E-state index is -0.455. The molecular weight excluding hydrogens is 388 g/mol. The van der Waals surface area contributed by atoms with Gasteiger partial charge in [0.15, 0.2) is 0 Å². The summed E-state index contributed by atoms with van der Waals surface area (Å²) in [5, 5.41) is 13.7. The van der Waals surface area contributed by atoms with Gasteiger partial charge in [-0.25, -0.2) is 0 Å². The van der Waals surface area contributed by atoms with E-state index in [2.05, 4.69) is 20.8 Å². The number of ether oxygens (including phenoxy) is 1. The van der Waals surface area contributed by atoms with Gasteiger partial charge >= 0.3 is 0 Å². The van der Waals surface area contributed by atoms with Gasteiger partial charge in [-0.15, -0.1) is 10.2 Å². The quantitative estimate of drug-likeness (QED) is 0.659. The molecule has 1 heterocycles. The summed E-state index contributed by atoms with van der Waals surface area (Å²) >= 11 is 6.80. The van der Waals surface area contributed by atoms with Gasteiger partial charge in [0.05, 0.1) is 7.11 Å². The van der Waals surface area contributed by atoms with Gasteiger partial charge < -0.3 is 15.4 Å². The van der Waals surface area contributed by atoms with Crippen LogP contribution in [0, 0.1) is 0 Å². The molecule has 0 aliphatic carbocycles. The van der Waals surface area contributed by atoms with E-state index in [1.54, 1.807) is 31.4 Å². The molecule has 3 aromatic rings. The number of aromatic nitrogens is 2. The second-order valence-electron chi connectivity index (χ2n) is 5.41. The van der Waals surface area contributed by atoms with E-state index in [1.807, 2.05) is 24.3 Å². The molecule has 3 rings (SSSR count). The summed E-state index contributed by atoms with van der Waals surface area (Å²) in [4.78, 5) is 24.4. The fourth-order valence-corrected chi connectivity index (χ4v) is 3.00. The van der Waals surface area contributed by atoms with Crippen molar-refractivity contribution in [2.24, 2.45) is 0 Å². The molecule has 0 fully saturated rings. The number of carbonyl (C=O) groups excluding carboxylic acids is 2. The molecule has 0 unspecified atom stereocenters. The molecule has 0 atom stereocenters. The van der Waals surface area contributed by atoms with Crippen LogP contribution in [0.4, 0.5) is 5.69 Å². The zero-order valence-corrected chi connectivity index (χ0v) is 15.8. The molecule has 2 amide bonds. The second-order valence-corrected chi connectivity index (χ2v) is 6.82. The molecule has 0 aliphatic rings. The van der Waals surface area contributed by atoms with E-state index in [4.69, 9.17) is 16.3 Å². The molecular formula is C18H15ClN4O3S. The van der Waals surface area contributed by atoms with E-state index in [1.165, 1.54) is 0 Å². The highest BCUT2D eigenvalue weighted by molar-refractivity contribution is 7.15. The minimum absolute atomic E-state index is 0.0876. The summed E-state index contributed by atoms with van der Waals surface area (Å²) < 4.78 is 5.09. The first-order valence-electron chi connectivity index (χ1n) is 7.86. The van der Waals surface area contributed by atoms with Crippen molar-refractivity contribution < 1.29 is 14.3 Å². The first-order valence-corrected chi connectivity index (χ1v) is 9.06. The van der Waals surface area contributed by atoms with Crippen molar-refractivity contribution in [2.45, 2.75) is 6.54 Å². The van der Waals surface area contributed by atoms with Crippen molar-refractivity contribution in [3.8, 4) is 5.75 Å². The topological polar surface area (TPSA) is 93.2 Å². The molecule has 0 aliphatic heterocycles. The van der Waals surface area contributed by atoms with Crippen LogP contribution in [0.25, 0.3) is 0 Å². The number of hydrogen-bond acceptors (Lipinski definition) is 6. The molecule has 7 nitrogen and oxygen atoms in total. The molecule has 0 bridgehead atoms. The maximum absolute atomic E-state index is 12.2. The number of benzene rings is 2. The van der Waals surface area contributed by atoms with Crippen LogP contribution in [0.3, 0.4) is 0 Å². The molecule has 2 aromatic carbocycles. The van der Waals surface area contributed by atoms with Gasteiger partial charge in [-0.05, 0) is 35.9 Å². The van der Waals surface area contributed by atoms with Crippen LogP contribution in [-0.2, 0) is 6.54 Å². The number of nitrogens with zero attached hydrogens (tertiary/aromatic N) is 2. The lowest BCUT2D eigenvalue weighted by molar-refractivity contribution is 0.0948. The third-order valence-corrected chi connectivity index (χ3v) is 4.66. The van der Waals surface area contributed by atoms with Crippen LogP contribution >= 0.6 is 22.9 Å². The van der Waals surface area contributed by atoms with Gasteiger partial charge in [0.2, 0.25) is 10.0 Å². The zero-order chi connectivity index (χ0) is 19.2. The standard InChI is InChI=1S/C18H15ClN4O3S/c1-26-14-7-5-11(6-8-14)10-20-15(24)17-22-23-18(27-17)16(25)21-13-4-2-3-12(19)9-13/h2-9H,10H2,1H3,(H,20,24)(H,21,25). The largest absolute Gasteiger partial charge is 0.497 e. The number of halogens is 1. The fourth-order valence-electron chi connectivity index (χ4n) is 2.16. The summed E-state index contributed by atoms with van der Waals surface area (Å²) in [6.45, 7) is 0.326. The Morgan fingerprint density at radius 2 is 1.78 bits per heavy atom. The predicted molar refractivity (Wildman–Crippen MR) is 103 cm³/mol. The van der Waals surface area contributed by atoms with Crippen molar-refractivity contribution in [1.82, 2.24) is 15.5 Å². The lowest BCUT2D eigenvalue weighted by atomic mass is 10.2. The lowest BCUT2D eigenvalue weighted by Gasteiger charge is -2.04. The molecule has 0 radical (unpaired) electrons. The van der Waals surface area contributed by atoms with Gasteiger partial charge in [-0.1, -0.05) is 41.1 Å². The smallest absolute Gasteiger partial charge is 0.286 e. The fraction of sp³-hybridized carbons (Fsp3) is 0.111. The predicted octanol–water partition coefficient (Wildman–Crippen LogP) is 3.38. The average molecular weight is 403 g/mol. The minimum Gasteiger partial charge on any atom is -0.497 e. The maximum atomic E-state index is 12.2. The van der Waals surface area contributed by atoms with Crippen LogP contribution in [0.15, 0.2) is 48.5 Å². The van der Waals surface area contributed by atoms with E-state index < -0.39 is 11.8 Å². The average Bonchev–Trinajstić information content (AvgIpc) is 3.17. The van der Waals surface area contributed by atoms with Crippen molar-refractivity contribution >= 4 is 40.4 Å². The summed E-state index contributed by atoms with van der Waals surface area (Å²) in [5.74, 6) is -0.112. The Morgan fingerprint density at radius 3 is 2.44 bits per heavy atom. The second kappa shape index (κ2) is 8.61. The Kier molecular flexibility index (Phi) is 6.00. The highest BCUT2D eigenvalue weighted by atomic mass is 35.5. The highest BCUT2D eigenvalue weighted by Gasteiger charge is 2.17. The van der Waals surface area contributed by atoms with Gasteiger partial charge in [0.1, 0.15) is 5.75 Å². The lowest BCUT2D eigenvalue weighted by Crippen LogP contribution is -2.22. The first-order chi connectivity index (χ1) is 13.0. The van der Waals surface area contributed by atoms with Crippen molar-refractivity contribution in [2.75, 3.05) is 12.4 Å². The van der Waals surface area contributed by atoms with Crippen LogP contribution < -0.4 is 15.4 Å². The molecule has 9 heteroatoms. The van der Waals surface area contributed by atoms with Crippen LogP contribution in [-0.4, -0.2) is 29.1 Å². The number of anilines is 1. The molecule has 0 saturated carbocycles. The van der Waals surface area contributed by atoms with Crippen molar-refractivity contribution in [1.29, 1.82) is 0 Å². The Morgan fingerprint density at radius 1 is 1.07 bits per heavy atom. The first kappa shape index (κ1) is 18.8. The Hall–Kier alpha value is -2.97. The third-order valence-electron chi connectivity index (χ3n) is 3.51. The molecule has 27 heavy (non-hydrogen) atoms. The van der Waals surface area contributed by atoms with Crippen molar-refractivity contribution in [3.63, 3.8) is 0 Å². The Bertz CT molecular complexity index is 959. The monoisotopic (exact) mass is 402 g/mol. The number of nitrogens with one attached hydrogen (secondary N) is 2. The normalized spacial score (nSPS) is 10.3. The number of rotatable bonds is 6. The highest BCUT2D eigenvalue weighted by Crippen LogP contribution is 2.17. The molecule has 0 spiro atoms. The van der Waals surface area contributed by atoms with E-state index in [-0.39, 0.29) is 10.0 Å². The summed E-state index contributed by atoms with van der Waals surface area (Å²) in [5.41, 5.74) is 1.45. The summed E-state index contributed by atoms with van der Waals surface area (Å²) in [7, 11) is 1.59. The van der Waals surface area contributed by atoms with E-state index in [9.17, 15) is 9.59 Å². The van der Waals surface area contributed by atoms with E-state index in [0.29, 0.717) is 17.3 Å². The molecule has 0 saturated heterocycles. The van der Waals surface area contributed by atoms with Crippen LogP contribution in [0.5, 0.6) is 5.75 Å². The number of methoxy groups -OCH3 is 1. The third kappa shape index (κ3) is 5.02. The molecule has 2 N–H and O–H groups in total. The SMILES string of the molecule is COc1ccc(CNC(=O)c2nnc(C(=O)Nc3cccc(Cl)c3)s2)cc1. The zero-order valence-electron chi connectivity index (χ0n) is 14.2. The Balaban J connectivity index is 1.58. The van der Waals surface area contributed by atoms with Gasteiger partial charge in [-0.2, -0.15) is 0 Å². The van der Waals surface area contributed by atoms with Gasteiger partial charge in [0, 0.05) is 17.3 Å². The maximum Gasteiger partial charge on any atom is 0.286 e.